The molecule has 0 bridgehead atoms. The van der Waals surface area contributed by atoms with Crippen molar-refractivity contribution in [3.05, 3.63) is 51.8 Å². The van der Waals surface area contributed by atoms with Gasteiger partial charge in [0.15, 0.2) is 0 Å². The van der Waals surface area contributed by atoms with E-state index in [0.29, 0.717) is 11.6 Å². The molecule has 0 spiro atoms. The molecule has 4 heteroatoms. The quantitative estimate of drug-likeness (QED) is 0.939. The van der Waals surface area contributed by atoms with Crippen molar-refractivity contribution in [2.75, 3.05) is 7.11 Å². The van der Waals surface area contributed by atoms with Crippen molar-refractivity contribution in [2.24, 2.45) is 5.73 Å². The SMILES string of the molecule is COc1ccc(C)cc1-c1ccc(CN)c(=O)n1C1CC1. The van der Waals surface area contributed by atoms with Crippen LogP contribution in [-0.4, -0.2) is 11.7 Å². The van der Waals surface area contributed by atoms with Crippen molar-refractivity contribution < 1.29 is 4.74 Å². The lowest BCUT2D eigenvalue weighted by Gasteiger charge is -2.16. The first-order valence-corrected chi connectivity index (χ1v) is 7.25. The second-order valence-corrected chi connectivity index (χ2v) is 5.56. The third kappa shape index (κ3) is 2.47. The Labute approximate surface area is 124 Å². The van der Waals surface area contributed by atoms with Gasteiger partial charge in [-0.1, -0.05) is 17.7 Å². The van der Waals surface area contributed by atoms with Crippen LogP contribution in [0.4, 0.5) is 0 Å². The number of hydrogen-bond acceptors (Lipinski definition) is 3. The molecule has 1 aliphatic carbocycles. The number of benzene rings is 1. The number of nitrogens with zero attached hydrogens (tertiary/aromatic N) is 1. The monoisotopic (exact) mass is 284 g/mol. The van der Waals surface area contributed by atoms with Gasteiger partial charge in [-0.05, 0) is 38.0 Å². The highest BCUT2D eigenvalue weighted by Gasteiger charge is 2.28. The van der Waals surface area contributed by atoms with E-state index in [0.717, 1.165) is 35.4 Å². The topological polar surface area (TPSA) is 57.2 Å². The van der Waals surface area contributed by atoms with Gasteiger partial charge in [-0.2, -0.15) is 0 Å². The van der Waals surface area contributed by atoms with Gasteiger partial charge in [0.05, 0.1) is 12.8 Å². The molecular weight excluding hydrogens is 264 g/mol. The summed E-state index contributed by atoms with van der Waals surface area (Å²) in [7, 11) is 1.65. The van der Waals surface area contributed by atoms with Crippen LogP contribution < -0.4 is 16.0 Å². The summed E-state index contributed by atoms with van der Waals surface area (Å²) in [5, 5.41) is 0. The minimum atomic E-state index is 0.0288. The molecule has 4 nitrogen and oxygen atoms in total. The molecule has 3 rings (SSSR count). The van der Waals surface area contributed by atoms with E-state index in [1.807, 2.05) is 35.8 Å². The van der Waals surface area contributed by atoms with Crippen molar-refractivity contribution in [1.29, 1.82) is 0 Å². The highest BCUT2D eigenvalue weighted by atomic mass is 16.5. The number of aromatic nitrogens is 1. The van der Waals surface area contributed by atoms with Crippen LogP contribution in [0.5, 0.6) is 5.75 Å². The Morgan fingerprint density at radius 1 is 1.29 bits per heavy atom. The van der Waals surface area contributed by atoms with Crippen LogP contribution in [0.1, 0.15) is 30.0 Å². The predicted molar refractivity (Wildman–Crippen MR) is 83.6 cm³/mol. The lowest BCUT2D eigenvalue weighted by Crippen LogP contribution is -2.26. The van der Waals surface area contributed by atoms with E-state index in [2.05, 4.69) is 6.07 Å². The number of hydrogen-bond donors (Lipinski definition) is 1. The summed E-state index contributed by atoms with van der Waals surface area (Å²) in [4.78, 5) is 12.6. The van der Waals surface area contributed by atoms with Gasteiger partial charge in [-0.3, -0.25) is 4.79 Å². The minimum Gasteiger partial charge on any atom is -0.496 e. The first-order valence-electron chi connectivity index (χ1n) is 7.25. The Morgan fingerprint density at radius 3 is 2.67 bits per heavy atom. The zero-order valence-electron chi connectivity index (χ0n) is 12.4. The van der Waals surface area contributed by atoms with Gasteiger partial charge in [-0.25, -0.2) is 0 Å². The van der Waals surface area contributed by atoms with Gasteiger partial charge in [0.25, 0.3) is 5.56 Å². The van der Waals surface area contributed by atoms with Crippen LogP contribution in [0.15, 0.2) is 35.1 Å². The van der Waals surface area contributed by atoms with Gasteiger partial charge in [0.2, 0.25) is 0 Å². The maximum atomic E-state index is 12.6. The first-order chi connectivity index (χ1) is 10.2. The molecule has 0 amide bonds. The Bertz CT molecular complexity index is 730. The summed E-state index contributed by atoms with van der Waals surface area (Å²) in [6.45, 7) is 2.31. The second kappa shape index (κ2) is 5.37. The van der Waals surface area contributed by atoms with Gasteiger partial charge in [0, 0.05) is 23.7 Å². The summed E-state index contributed by atoms with van der Waals surface area (Å²) in [5.41, 5.74) is 9.39. The molecule has 1 aromatic carbocycles. The van der Waals surface area contributed by atoms with Crippen LogP contribution in [-0.2, 0) is 6.54 Å². The van der Waals surface area contributed by atoms with E-state index in [1.54, 1.807) is 7.11 Å². The smallest absolute Gasteiger partial charge is 0.255 e. The van der Waals surface area contributed by atoms with E-state index in [-0.39, 0.29) is 12.1 Å². The summed E-state index contributed by atoms with van der Waals surface area (Å²) in [5.74, 6) is 0.787. The maximum Gasteiger partial charge on any atom is 0.255 e. The number of ether oxygens (including phenoxy) is 1. The van der Waals surface area contributed by atoms with Crippen molar-refractivity contribution >= 4 is 0 Å². The molecule has 0 unspecified atom stereocenters. The molecule has 1 aliphatic rings. The van der Waals surface area contributed by atoms with Crippen LogP contribution in [0.25, 0.3) is 11.3 Å². The zero-order chi connectivity index (χ0) is 15.0. The van der Waals surface area contributed by atoms with Crippen LogP contribution in [0.2, 0.25) is 0 Å². The molecule has 1 saturated carbocycles. The Hall–Kier alpha value is -2.07. The summed E-state index contributed by atoms with van der Waals surface area (Å²) in [6, 6.07) is 10.1. The van der Waals surface area contributed by atoms with Crippen molar-refractivity contribution in [3.63, 3.8) is 0 Å². The lowest BCUT2D eigenvalue weighted by atomic mass is 10.1. The van der Waals surface area contributed by atoms with Gasteiger partial charge in [0.1, 0.15) is 5.75 Å². The predicted octanol–water partition coefficient (Wildman–Crippen LogP) is 2.63. The summed E-state index contributed by atoms with van der Waals surface area (Å²) >= 11 is 0. The Balaban J connectivity index is 2.26. The van der Waals surface area contributed by atoms with Crippen LogP contribution in [0.3, 0.4) is 0 Å². The average Bonchev–Trinajstić information content (AvgIpc) is 3.31. The molecular formula is C17H20N2O2. The number of pyridine rings is 1. The molecule has 1 aromatic heterocycles. The molecule has 1 fully saturated rings. The Kier molecular flexibility index (Phi) is 3.55. The molecule has 2 aromatic rings. The maximum absolute atomic E-state index is 12.6. The van der Waals surface area contributed by atoms with Crippen molar-refractivity contribution in [2.45, 2.75) is 32.4 Å². The number of aryl methyl sites for hydroxylation is 1. The normalized spacial score (nSPS) is 14.2. The fraction of sp³-hybridized carbons (Fsp3) is 0.353. The summed E-state index contributed by atoms with van der Waals surface area (Å²) in [6.07, 6.45) is 2.10. The van der Waals surface area contributed by atoms with Crippen LogP contribution >= 0.6 is 0 Å². The Morgan fingerprint density at radius 2 is 2.05 bits per heavy atom. The molecule has 0 atom stereocenters. The number of methoxy groups -OCH3 is 1. The lowest BCUT2D eigenvalue weighted by molar-refractivity contribution is 0.416. The van der Waals surface area contributed by atoms with Crippen molar-refractivity contribution in [1.82, 2.24) is 4.57 Å². The number of rotatable bonds is 4. The van der Waals surface area contributed by atoms with E-state index in [9.17, 15) is 4.79 Å². The second-order valence-electron chi connectivity index (χ2n) is 5.56. The van der Waals surface area contributed by atoms with Gasteiger partial charge in [-0.15, -0.1) is 0 Å². The molecule has 21 heavy (non-hydrogen) atoms. The molecule has 1 heterocycles. The minimum absolute atomic E-state index is 0.0288. The fourth-order valence-electron chi connectivity index (χ4n) is 2.69. The highest BCUT2D eigenvalue weighted by molar-refractivity contribution is 5.69. The van der Waals surface area contributed by atoms with Crippen molar-refractivity contribution in [3.8, 4) is 17.0 Å². The summed E-state index contributed by atoms with van der Waals surface area (Å²) < 4.78 is 7.35. The first kappa shape index (κ1) is 13.9. The van der Waals surface area contributed by atoms with E-state index >= 15 is 0 Å². The third-order valence-corrected chi connectivity index (χ3v) is 3.96. The highest BCUT2D eigenvalue weighted by Crippen LogP contribution is 2.39. The van der Waals surface area contributed by atoms with E-state index in [4.69, 9.17) is 10.5 Å². The molecule has 0 radical (unpaired) electrons. The molecule has 0 saturated heterocycles. The van der Waals surface area contributed by atoms with Gasteiger partial charge >= 0.3 is 0 Å². The van der Waals surface area contributed by atoms with Gasteiger partial charge < -0.3 is 15.0 Å². The molecule has 2 N–H and O–H groups in total. The molecule has 110 valence electrons. The fourth-order valence-corrected chi connectivity index (χ4v) is 2.69. The molecule has 0 aliphatic heterocycles. The van der Waals surface area contributed by atoms with Crippen LogP contribution in [0, 0.1) is 6.92 Å². The number of nitrogens with two attached hydrogens (primary N) is 1. The van der Waals surface area contributed by atoms with E-state index in [1.165, 1.54) is 0 Å². The zero-order valence-corrected chi connectivity index (χ0v) is 12.4. The van der Waals surface area contributed by atoms with E-state index < -0.39 is 0 Å². The average molecular weight is 284 g/mol. The standard InChI is InChI=1S/C17H20N2O2/c1-11-3-8-16(21-2)14(9-11)15-7-4-12(10-18)17(20)19(15)13-5-6-13/h3-4,7-9,13H,5-6,10,18H2,1-2H3. The third-order valence-electron chi connectivity index (χ3n) is 3.96. The largest absolute Gasteiger partial charge is 0.496 e.